The summed E-state index contributed by atoms with van der Waals surface area (Å²) in [6.07, 6.45) is 9.30. The van der Waals surface area contributed by atoms with Gasteiger partial charge in [0, 0.05) is 6.08 Å². The van der Waals surface area contributed by atoms with E-state index in [2.05, 4.69) is 6.92 Å². The second-order valence-corrected chi connectivity index (χ2v) is 6.73. The Balaban J connectivity index is 4.13. The number of carboxylic acids is 1. The van der Waals surface area contributed by atoms with E-state index in [9.17, 15) is 9.59 Å². The summed E-state index contributed by atoms with van der Waals surface area (Å²) in [7, 11) is 5.82. The maximum atomic E-state index is 11.7. The number of likely N-dealkylation sites (N-methyl/N-ethyl adjacent to an activating group) is 1. The lowest BCUT2D eigenvalue weighted by molar-refractivity contribution is -0.873. The van der Waals surface area contributed by atoms with Crippen LogP contribution in [0.2, 0.25) is 0 Å². The van der Waals surface area contributed by atoms with Gasteiger partial charge in [0.2, 0.25) is 0 Å². The Morgan fingerprint density at radius 1 is 1.14 bits per heavy atom. The van der Waals surface area contributed by atoms with Gasteiger partial charge in [0.25, 0.3) is 0 Å². The Morgan fingerprint density at radius 2 is 1.77 bits per heavy atom. The number of carboxylic acid groups (broad SMARTS) is 1. The van der Waals surface area contributed by atoms with Crippen LogP contribution in [0.3, 0.4) is 0 Å². The minimum absolute atomic E-state index is 0.161. The summed E-state index contributed by atoms with van der Waals surface area (Å²) in [5.41, 5.74) is 0. The molecular formula is C17H32NO4+. The molecule has 0 aromatic carbocycles. The van der Waals surface area contributed by atoms with Gasteiger partial charge in [0.15, 0.2) is 6.10 Å². The summed E-state index contributed by atoms with van der Waals surface area (Å²) in [5, 5.41) is 8.89. The predicted molar refractivity (Wildman–Crippen MR) is 87.5 cm³/mol. The molecule has 0 saturated heterocycles. The number of hydrogen-bond donors (Lipinski definition) is 1. The molecule has 1 atom stereocenters. The minimum Gasteiger partial charge on any atom is -0.481 e. The average molecular weight is 314 g/mol. The molecule has 5 heteroatoms. The highest BCUT2D eigenvalue weighted by Gasteiger charge is 2.23. The van der Waals surface area contributed by atoms with Crippen LogP contribution in [-0.2, 0) is 14.3 Å². The van der Waals surface area contributed by atoms with E-state index in [1.165, 1.54) is 31.8 Å². The van der Waals surface area contributed by atoms with Gasteiger partial charge in [-0.25, -0.2) is 4.79 Å². The van der Waals surface area contributed by atoms with E-state index in [1.807, 2.05) is 27.2 Å². The number of unbranched alkanes of at least 4 members (excludes halogenated alkanes) is 5. The summed E-state index contributed by atoms with van der Waals surface area (Å²) in [4.78, 5) is 22.6. The van der Waals surface area contributed by atoms with Crippen molar-refractivity contribution in [2.75, 3.05) is 27.7 Å². The van der Waals surface area contributed by atoms with Crippen molar-refractivity contribution in [3.05, 3.63) is 12.2 Å². The predicted octanol–water partition coefficient (Wildman–Crippen LogP) is 3.00. The molecule has 0 saturated carbocycles. The number of ether oxygens (including phenoxy) is 1. The number of carbonyl (C=O) groups excluding carboxylic acids is 1. The first kappa shape index (κ1) is 20.6. The topological polar surface area (TPSA) is 63.6 Å². The van der Waals surface area contributed by atoms with Crippen molar-refractivity contribution in [2.24, 2.45) is 0 Å². The van der Waals surface area contributed by atoms with Gasteiger partial charge < -0.3 is 14.3 Å². The molecule has 5 nitrogen and oxygen atoms in total. The zero-order valence-electron chi connectivity index (χ0n) is 14.5. The number of esters is 1. The van der Waals surface area contributed by atoms with Crippen molar-refractivity contribution in [1.82, 2.24) is 0 Å². The van der Waals surface area contributed by atoms with Crippen LogP contribution in [0.15, 0.2) is 12.2 Å². The summed E-state index contributed by atoms with van der Waals surface area (Å²) in [6, 6.07) is 0. The van der Waals surface area contributed by atoms with Crippen LogP contribution in [0.4, 0.5) is 0 Å². The van der Waals surface area contributed by atoms with Crippen LogP contribution < -0.4 is 0 Å². The van der Waals surface area contributed by atoms with Gasteiger partial charge in [-0.2, -0.15) is 0 Å². The fourth-order valence-corrected chi connectivity index (χ4v) is 2.20. The molecule has 0 heterocycles. The number of carbonyl (C=O) groups is 2. The number of nitrogens with zero attached hydrogens (tertiary/aromatic N) is 1. The molecule has 0 aliphatic carbocycles. The number of quaternary nitrogens is 1. The van der Waals surface area contributed by atoms with E-state index in [-0.39, 0.29) is 6.42 Å². The number of allylic oxidation sites excluding steroid dienone is 1. The van der Waals surface area contributed by atoms with Gasteiger partial charge in [0.05, 0.1) is 27.6 Å². The zero-order chi connectivity index (χ0) is 17.0. The normalized spacial score (nSPS) is 13.3. The molecule has 0 aromatic heterocycles. The van der Waals surface area contributed by atoms with Gasteiger partial charge in [-0.05, 0) is 12.8 Å². The molecule has 0 aliphatic rings. The third-order valence-corrected chi connectivity index (χ3v) is 3.16. The quantitative estimate of drug-likeness (QED) is 0.260. The SMILES string of the molecule is CCCCCCC/C=C/C(=O)O[C@H](CC(=O)O)C[N+](C)(C)C. The van der Waals surface area contributed by atoms with Crippen molar-refractivity contribution in [3.63, 3.8) is 0 Å². The van der Waals surface area contributed by atoms with E-state index in [0.717, 1.165) is 12.8 Å². The first-order valence-corrected chi connectivity index (χ1v) is 8.14. The standard InChI is InChI=1S/C17H31NO4/c1-5-6-7-8-9-10-11-12-17(21)22-15(13-16(19)20)14-18(2,3)4/h11-12,15H,5-10,13-14H2,1-4H3/p+1/b12-11+/t15-/m1/s1. The Kier molecular flexibility index (Phi) is 10.5. The molecule has 0 amide bonds. The molecule has 0 fully saturated rings. The Hall–Kier alpha value is -1.36. The van der Waals surface area contributed by atoms with Gasteiger partial charge in [-0.1, -0.05) is 38.7 Å². The first-order chi connectivity index (χ1) is 10.2. The zero-order valence-corrected chi connectivity index (χ0v) is 14.5. The highest BCUT2D eigenvalue weighted by Crippen LogP contribution is 2.07. The second kappa shape index (κ2) is 11.2. The van der Waals surface area contributed by atoms with Crippen LogP contribution in [0.1, 0.15) is 51.9 Å². The number of aliphatic carboxylic acids is 1. The van der Waals surface area contributed by atoms with Gasteiger partial charge >= 0.3 is 11.9 Å². The van der Waals surface area contributed by atoms with Gasteiger partial charge in [-0.15, -0.1) is 0 Å². The van der Waals surface area contributed by atoms with E-state index in [1.54, 1.807) is 0 Å². The van der Waals surface area contributed by atoms with Crippen molar-refractivity contribution < 1.29 is 23.9 Å². The average Bonchev–Trinajstić information content (AvgIpc) is 2.34. The second-order valence-electron chi connectivity index (χ2n) is 6.73. The smallest absolute Gasteiger partial charge is 0.330 e. The largest absolute Gasteiger partial charge is 0.481 e. The van der Waals surface area contributed by atoms with Gasteiger partial charge in [0.1, 0.15) is 6.54 Å². The van der Waals surface area contributed by atoms with Crippen molar-refractivity contribution in [1.29, 1.82) is 0 Å². The molecule has 0 aromatic rings. The van der Waals surface area contributed by atoms with Crippen molar-refractivity contribution in [3.8, 4) is 0 Å². The van der Waals surface area contributed by atoms with Crippen LogP contribution >= 0.6 is 0 Å². The third kappa shape index (κ3) is 13.6. The molecular weight excluding hydrogens is 282 g/mol. The Labute approximate surface area is 134 Å². The molecule has 22 heavy (non-hydrogen) atoms. The summed E-state index contributed by atoms with van der Waals surface area (Å²) >= 11 is 0. The lowest BCUT2D eigenvalue weighted by atomic mass is 10.1. The highest BCUT2D eigenvalue weighted by atomic mass is 16.5. The first-order valence-electron chi connectivity index (χ1n) is 8.14. The molecule has 0 aliphatic heterocycles. The monoisotopic (exact) mass is 314 g/mol. The molecule has 128 valence electrons. The lowest BCUT2D eigenvalue weighted by Gasteiger charge is -2.28. The van der Waals surface area contributed by atoms with Gasteiger partial charge in [-0.3, -0.25) is 4.79 Å². The summed E-state index contributed by atoms with van der Waals surface area (Å²) in [5.74, 6) is -1.40. The molecule has 0 spiro atoms. The third-order valence-electron chi connectivity index (χ3n) is 3.16. The minimum atomic E-state index is -0.953. The lowest BCUT2D eigenvalue weighted by Crippen LogP contribution is -2.43. The fourth-order valence-electron chi connectivity index (χ4n) is 2.20. The number of rotatable bonds is 12. The van der Waals surface area contributed by atoms with E-state index in [4.69, 9.17) is 9.84 Å². The van der Waals surface area contributed by atoms with Crippen molar-refractivity contribution >= 4 is 11.9 Å². The van der Waals surface area contributed by atoms with Crippen LogP contribution in [0.5, 0.6) is 0 Å². The molecule has 0 unspecified atom stereocenters. The van der Waals surface area contributed by atoms with Crippen molar-refractivity contribution in [2.45, 2.75) is 58.0 Å². The van der Waals surface area contributed by atoms with E-state index in [0.29, 0.717) is 11.0 Å². The van der Waals surface area contributed by atoms with Crippen LogP contribution in [-0.4, -0.2) is 55.3 Å². The maximum Gasteiger partial charge on any atom is 0.330 e. The fraction of sp³-hybridized carbons (Fsp3) is 0.765. The van der Waals surface area contributed by atoms with E-state index < -0.39 is 18.0 Å². The molecule has 0 bridgehead atoms. The van der Waals surface area contributed by atoms with E-state index >= 15 is 0 Å². The highest BCUT2D eigenvalue weighted by molar-refractivity contribution is 5.82. The summed E-state index contributed by atoms with van der Waals surface area (Å²) < 4.78 is 5.81. The molecule has 0 rings (SSSR count). The Bertz CT molecular complexity index is 358. The molecule has 1 N–H and O–H groups in total. The Morgan fingerprint density at radius 3 is 2.32 bits per heavy atom. The summed E-state index contributed by atoms with van der Waals surface area (Å²) in [6.45, 7) is 2.66. The maximum absolute atomic E-state index is 11.7. The van der Waals surface area contributed by atoms with Crippen LogP contribution in [0.25, 0.3) is 0 Å². The molecule has 0 radical (unpaired) electrons. The number of hydrogen-bond acceptors (Lipinski definition) is 3. The van der Waals surface area contributed by atoms with Crippen LogP contribution in [0, 0.1) is 0 Å².